The molecule has 0 saturated heterocycles. The first-order valence-corrected chi connectivity index (χ1v) is 12.4. The molecule has 4 rings (SSSR count). The highest BCUT2D eigenvalue weighted by atomic mass is 19.4. The quantitative estimate of drug-likeness (QED) is 0.434. The van der Waals surface area contributed by atoms with E-state index in [2.05, 4.69) is 10.3 Å². The van der Waals surface area contributed by atoms with Gasteiger partial charge < -0.3 is 19.9 Å². The predicted octanol–water partition coefficient (Wildman–Crippen LogP) is 5.33. The van der Waals surface area contributed by atoms with Gasteiger partial charge in [0.1, 0.15) is 6.54 Å². The van der Waals surface area contributed by atoms with Crippen LogP contribution in [-0.2, 0) is 25.8 Å². The Morgan fingerprint density at radius 1 is 1.13 bits per heavy atom. The van der Waals surface area contributed by atoms with E-state index < -0.39 is 36.3 Å². The van der Waals surface area contributed by atoms with Crippen molar-refractivity contribution in [3.8, 4) is 11.3 Å². The van der Waals surface area contributed by atoms with Gasteiger partial charge in [0.2, 0.25) is 0 Å². The first kappa shape index (κ1) is 27.2. The number of hydrogen-bond donors (Lipinski definition) is 2. The molecule has 0 spiro atoms. The Hall–Kier alpha value is -3.82. The van der Waals surface area contributed by atoms with Crippen LogP contribution in [0, 0.1) is 0 Å². The van der Waals surface area contributed by atoms with Crippen LogP contribution in [0.2, 0.25) is 0 Å². The van der Waals surface area contributed by atoms with Gasteiger partial charge in [0, 0.05) is 36.2 Å². The summed E-state index contributed by atoms with van der Waals surface area (Å²) in [6.07, 6.45) is 0.144. The molecule has 38 heavy (non-hydrogen) atoms. The molecule has 0 radical (unpaired) electrons. The molecule has 1 aliphatic carbocycles. The minimum absolute atomic E-state index is 0.0133. The Labute approximate surface area is 219 Å². The van der Waals surface area contributed by atoms with Gasteiger partial charge in [0.25, 0.3) is 5.91 Å². The van der Waals surface area contributed by atoms with Crippen LogP contribution in [0.3, 0.4) is 0 Å². The molecule has 2 N–H and O–H groups in total. The summed E-state index contributed by atoms with van der Waals surface area (Å²) in [5.74, 6) is -0.528. The van der Waals surface area contributed by atoms with E-state index in [1.165, 1.54) is 17.3 Å². The van der Waals surface area contributed by atoms with Crippen molar-refractivity contribution in [2.75, 3.05) is 6.54 Å². The first-order valence-electron chi connectivity index (χ1n) is 12.4. The van der Waals surface area contributed by atoms with Crippen molar-refractivity contribution in [1.82, 2.24) is 19.8 Å². The van der Waals surface area contributed by atoms with Crippen molar-refractivity contribution in [2.45, 2.75) is 64.3 Å². The summed E-state index contributed by atoms with van der Waals surface area (Å²) in [5.41, 5.74) is 2.73. The number of carbonyl (C=O) groups is 2. The van der Waals surface area contributed by atoms with E-state index in [-0.39, 0.29) is 12.1 Å². The number of aromatic nitrogens is 2. The normalized spacial score (nSPS) is 13.8. The second-order valence-electron chi connectivity index (χ2n) is 10.6. The lowest BCUT2D eigenvalue weighted by Crippen LogP contribution is -2.53. The van der Waals surface area contributed by atoms with Gasteiger partial charge in [-0.05, 0) is 62.8 Å². The SMILES string of the molecule is CC(C)(C)N(C[C@H](Cc1ccccc1)NC(=O)c1cn(CC(F)(F)F)c2c1CCc1cnccc1-2)C(=O)O. The first-order chi connectivity index (χ1) is 17.8. The van der Waals surface area contributed by atoms with Crippen molar-refractivity contribution in [2.24, 2.45) is 0 Å². The Kier molecular flexibility index (Phi) is 7.53. The lowest BCUT2D eigenvalue weighted by molar-refractivity contribution is -0.140. The summed E-state index contributed by atoms with van der Waals surface area (Å²) in [7, 11) is 0. The number of carbonyl (C=O) groups excluding carboxylic acids is 1. The van der Waals surface area contributed by atoms with Crippen molar-refractivity contribution < 1.29 is 27.9 Å². The molecule has 3 aromatic rings. The number of nitrogens with one attached hydrogen (secondary N) is 1. The molecule has 7 nitrogen and oxygen atoms in total. The molecule has 0 fully saturated rings. The van der Waals surface area contributed by atoms with Crippen molar-refractivity contribution in [1.29, 1.82) is 0 Å². The van der Waals surface area contributed by atoms with E-state index >= 15 is 0 Å². The van der Waals surface area contributed by atoms with E-state index in [1.54, 1.807) is 33.0 Å². The zero-order valence-electron chi connectivity index (χ0n) is 21.5. The van der Waals surface area contributed by atoms with E-state index in [1.807, 2.05) is 30.3 Å². The summed E-state index contributed by atoms with van der Waals surface area (Å²) in [6.45, 7) is 4.08. The number of nitrogens with zero attached hydrogens (tertiary/aromatic N) is 3. The molecular weight excluding hydrogens is 497 g/mol. The van der Waals surface area contributed by atoms with Gasteiger partial charge in [-0.1, -0.05) is 30.3 Å². The smallest absolute Gasteiger partial charge is 0.407 e. The molecule has 0 unspecified atom stereocenters. The Bertz CT molecular complexity index is 1310. The molecule has 0 bridgehead atoms. The second kappa shape index (κ2) is 10.5. The fraction of sp³-hybridized carbons (Fsp3) is 0.393. The molecule has 0 saturated carbocycles. The lowest BCUT2D eigenvalue weighted by Gasteiger charge is -2.36. The maximum Gasteiger partial charge on any atom is 0.407 e. The van der Waals surface area contributed by atoms with Gasteiger partial charge in [-0.2, -0.15) is 13.2 Å². The third-order valence-electron chi connectivity index (χ3n) is 6.68. The number of hydrogen-bond acceptors (Lipinski definition) is 3. The van der Waals surface area contributed by atoms with Crippen LogP contribution < -0.4 is 5.32 Å². The summed E-state index contributed by atoms with van der Waals surface area (Å²) in [5, 5.41) is 12.8. The molecule has 10 heteroatoms. The van der Waals surface area contributed by atoms with Crippen LogP contribution in [0.15, 0.2) is 55.0 Å². The molecule has 1 atom stereocenters. The average Bonchev–Trinajstić information content (AvgIpc) is 3.19. The van der Waals surface area contributed by atoms with Gasteiger partial charge in [0.15, 0.2) is 0 Å². The van der Waals surface area contributed by atoms with Crippen LogP contribution in [0.25, 0.3) is 11.3 Å². The Morgan fingerprint density at radius 2 is 1.84 bits per heavy atom. The number of pyridine rings is 1. The third kappa shape index (κ3) is 6.17. The van der Waals surface area contributed by atoms with Crippen LogP contribution in [0.4, 0.5) is 18.0 Å². The molecule has 1 aromatic carbocycles. The van der Waals surface area contributed by atoms with E-state index in [4.69, 9.17) is 0 Å². The molecule has 202 valence electrons. The maximum atomic E-state index is 13.6. The molecule has 2 aromatic heterocycles. The summed E-state index contributed by atoms with van der Waals surface area (Å²) >= 11 is 0. The highest BCUT2D eigenvalue weighted by Gasteiger charge is 2.35. The number of amides is 2. The number of carboxylic acid groups (broad SMARTS) is 1. The van der Waals surface area contributed by atoms with Crippen LogP contribution >= 0.6 is 0 Å². The molecule has 1 aliphatic rings. The topological polar surface area (TPSA) is 87.5 Å². The van der Waals surface area contributed by atoms with Crippen LogP contribution in [-0.4, -0.2) is 55.9 Å². The van der Waals surface area contributed by atoms with Crippen LogP contribution in [0.5, 0.6) is 0 Å². The van der Waals surface area contributed by atoms with Gasteiger partial charge in [-0.15, -0.1) is 0 Å². The van der Waals surface area contributed by atoms with Crippen molar-refractivity contribution in [3.63, 3.8) is 0 Å². The van der Waals surface area contributed by atoms with Gasteiger partial charge in [0.05, 0.1) is 17.3 Å². The second-order valence-corrected chi connectivity index (χ2v) is 10.6. The fourth-order valence-corrected chi connectivity index (χ4v) is 4.98. The zero-order valence-corrected chi connectivity index (χ0v) is 21.5. The number of alkyl halides is 3. The van der Waals surface area contributed by atoms with Gasteiger partial charge in [-0.25, -0.2) is 4.79 Å². The van der Waals surface area contributed by atoms with Gasteiger partial charge >= 0.3 is 12.3 Å². The zero-order chi connectivity index (χ0) is 27.7. The van der Waals surface area contributed by atoms with Crippen LogP contribution in [0.1, 0.15) is 47.8 Å². The number of benzene rings is 1. The van der Waals surface area contributed by atoms with Crippen molar-refractivity contribution in [3.05, 3.63) is 77.2 Å². The minimum Gasteiger partial charge on any atom is -0.465 e. The number of fused-ring (bicyclic) bond motifs is 3. The van der Waals surface area contributed by atoms with E-state index in [9.17, 15) is 27.9 Å². The lowest BCUT2D eigenvalue weighted by atomic mass is 9.89. The van der Waals surface area contributed by atoms with E-state index in [0.717, 1.165) is 15.7 Å². The maximum absolute atomic E-state index is 13.6. The minimum atomic E-state index is -4.48. The molecular formula is C28H31F3N4O3. The fourth-order valence-electron chi connectivity index (χ4n) is 4.98. The predicted molar refractivity (Wildman–Crippen MR) is 137 cm³/mol. The Balaban J connectivity index is 1.70. The Morgan fingerprint density at radius 3 is 2.47 bits per heavy atom. The monoisotopic (exact) mass is 528 g/mol. The summed E-state index contributed by atoms with van der Waals surface area (Å²) in [4.78, 5) is 31.0. The van der Waals surface area contributed by atoms with Crippen molar-refractivity contribution >= 4 is 12.0 Å². The summed E-state index contributed by atoms with van der Waals surface area (Å²) < 4.78 is 41.5. The average molecular weight is 529 g/mol. The third-order valence-corrected chi connectivity index (χ3v) is 6.68. The molecule has 0 aliphatic heterocycles. The molecule has 2 amide bonds. The largest absolute Gasteiger partial charge is 0.465 e. The van der Waals surface area contributed by atoms with Gasteiger partial charge in [-0.3, -0.25) is 9.78 Å². The highest BCUT2D eigenvalue weighted by Crippen LogP contribution is 2.37. The summed E-state index contributed by atoms with van der Waals surface area (Å²) in [6, 6.07) is 10.4. The molecule has 2 heterocycles. The standard InChI is InChI=1S/C28H31F3N4O3/c1-27(2,3)35(26(37)38)15-20(13-18-7-5-4-6-8-18)33-25(36)23-16-34(17-28(29,30)31)24-21-11-12-32-14-19(21)9-10-22(23)24/h4-8,11-12,14,16,20H,9-10,13,15,17H2,1-3H3,(H,33,36)(H,37,38)/t20-/m0/s1. The number of rotatable bonds is 7. The number of halogens is 3. The number of aryl methyl sites for hydroxylation is 1. The highest BCUT2D eigenvalue weighted by molar-refractivity contribution is 5.98. The van der Waals surface area contributed by atoms with E-state index in [0.29, 0.717) is 36.1 Å².